The van der Waals surface area contributed by atoms with Crippen LogP contribution >= 0.6 is 0 Å². The summed E-state index contributed by atoms with van der Waals surface area (Å²) in [7, 11) is 0. The Labute approximate surface area is 217 Å². The molecule has 35 heavy (non-hydrogen) atoms. The third-order valence-corrected chi connectivity index (χ3v) is 8.65. The predicted octanol–water partition coefficient (Wildman–Crippen LogP) is 10.4. The van der Waals surface area contributed by atoms with Gasteiger partial charge in [0, 0.05) is 11.5 Å². The van der Waals surface area contributed by atoms with Gasteiger partial charge in [-0.3, -0.25) is 0 Å². The molecule has 2 rings (SSSR count). The Morgan fingerprint density at radius 2 is 1.20 bits per heavy atom. The molecule has 1 N–H and O–H groups in total. The molecule has 0 radical (unpaired) electrons. The van der Waals surface area contributed by atoms with Gasteiger partial charge < -0.3 is 5.11 Å². The van der Waals surface area contributed by atoms with Gasteiger partial charge in [0.2, 0.25) is 0 Å². The molecule has 0 spiro atoms. The van der Waals surface area contributed by atoms with Crippen LogP contribution in [-0.4, -0.2) is 5.11 Å². The molecule has 1 atom stereocenters. The maximum absolute atomic E-state index is 11.5. The minimum absolute atomic E-state index is 0.129. The average Bonchev–Trinajstić information content (AvgIpc) is 2.85. The first-order valence-corrected chi connectivity index (χ1v) is 14.5. The monoisotopic (exact) mass is 478 g/mol. The highest BCUT2D eigenvalue weighted by molar-refractivity contribution is 5.50. The van der Waals surface area contributed by atoms with Gasteiger partial charge in [0.25, 0.3) is 0 Å². The highest BCUT2D eigenvalue weighted by Crippen LogP contribution is 2.40. The van der Waals surface area contributed by atoms with Crippen molar-refractivity contribution in [2.45, 2.75) is 143 Å². The van der Waals surface area contributed by atoms with Gasteiger partial charge in [0.1, 0.15) is 5.75 Å². The molecule has 2 aromatic carbocycles. The van der Waals surface area contributed by atoms with E-state index in [1.165, 1.54) is 54.4 Å². The Morgan fingerprint density at radius 3 is 1.69 bits per heavy atom. The molecule has 0 aromatic heterocycles. The number of unbranched alkanes of at least 4 members (excludes halogenated alkanes) is 4. The van der Waals surface area contributed by atoms with E-state index < -0.39 is 0 Å². The van der Waals surface area contributed by atoms with Gasteiger partial charge in [-0.05, 0) is 77.2 Å². The van der Waals surface area contributed by atoms with Gasteiger partial charge in [-0.1, -0.05) is 118 Å². The van der Waals surface area contributed by atoms with Gasteiger partial charge in [-0.2, -0.15) is 0 Å². The first-order chi connectivity index (χ1) is 16.5. The van der Waals surface area contributed by atoms with E-state index in [2.05, 4.69) is 92.6 Å². The van der Waals surface area contributed by atoms with E-state index in [9.17, 15) is 5.11 Å². The minimum Gasteiger partial charge on any atom is -0.507 e. The number of phenolic OH excluding ortho intramolecular Hbond substituents is 1. The zero-order chi connectivity index (χ0) is 26.2. The summed E-state index contributed by atoms with van der Waals surface area (Å²) in [6.45, 7) is 20.8. The standard InChI is InChI=1S/C34H54O/c1-10-14-16-18-26-20-27(19-17-15-11-2)32(35)31(21-26)25(5)28-22-29(33(6,7)12-3)24-30(23-28)34(8,9)13-4/h20-25,35H,10-19H2,1-9H3. The van der Waals surface area contributed by atoms with Crippen molar-refractivity contribution in [3.63, 3.8) is 0 Å². The number of hydrogen-bond acceptors (Lipinski definition) is 1. The molecule has 1 nitrogen and oxygen atoms in total. The van der Waals surface area contributed by atoms with Crippen molar-refractivity contribution in [2.24, 2.45) is 0 Å². The molecule has 0 saturated heterocycles. The first-order valence-electron chi connectivity index (χ1n) is 14.5. The third-order valence-electron chi connectivity index (χ3n) is 8.65. The Bertz CT molecular complexity index is 900. The van der Waals surface area contributed by atoms with Crippen LogP contribution in [0.1, 0.15) is 153 Å². The van der Waals surface area contributed by atoms with Gasteiger partial charge in [0.05, 0.1) is 0 Å². The smallest absolute Gasteiger partial charge is 0.122 e. The van der Waals surface area contributed by atoms with E-state index in [0.717, 1.165) is 43.2 Å². The number of aromatic hydroxyl groups is 1. The second-order valence-corrected chi connectivity index (χ2v) is 12.1. The largest absolute Gasteiger partial charge is 0.507 e. The summed E-state index contributed by atoms with van der Waals surface area (Å²) in [5.41, 5.74) is 8.08. The molecule has 1 unspecified atom stereocenters. The third kappa shape index (κ3) is 7.61. The van der Waals surface area contributed by atoms with Crippen molar-refractivity contribution < 1.29 is 5.11 Å². The van der Waals surface area contributed by atoms with E-state index in [-0.39, 0.29) is 16.7 Å². The summed E-state index contributed by atoms with van der Waals surface area (Å²) in [6, 6.07) is 11.9. The van der Waals surface area contributed by atoms with Crippen molar-refractivity contribution in [3.8, 4) is 5.75 Å². The normalized spacial score (nSPS) is 13.3. The van der Waals surface area contributed by atoms with E-state index >= 15 is 0 Å². The van der Waals surface area contributed by atoms with Gasteiger partial charge in [0.15, 0.2) is 0 Å². The lowest BCUT2D eigenvalue weighted by molar-refractivity contribution is 0.456. The van der Waals surface area contributed by atoms with Crippen LogP contribution in [0, 0.1) is 0 Å². The van der Waals surface area contributed by atoms with Crippen molar-refractivity contribution in [2.75, 3.05) is 0 Å². The lowest BCUT2D eigenvalue weighted by atomic mass is 9.74. The summed E-state index contributed by atoms with van der Waals surface area (Å²) in [5.74, 6) is 0.689. The maximum Gasteiger partial charge on any atom is 0.122 e. The number of rotatable bonds is 14. The molecule has 0 aliphatic carbocycles. The zero-order valence-corrected chi connectivity index (χ0v) is 24.5. The SMILES string of the molecule is CCCCCc1cc(CCCCC)c(O)c(C(C)c2cc(C(C)(C)CC)cc(C(C)(C)CC)c2)c1. The van der Waals surface area contributed by atoms with Crippen LogP contribution in [0.15, 0.2) is 30.3 Å². The van der Waals surface area contributed by atoms with Crippen LogP contribution in [-0.2, 0) is 23.7 Å². The molecule has 0 fully saturated rings. The summed E-state index contributed by atoms with van der Waals surface area (Å²) in [6.07, 6.45) is 11.6. The first kappa shape index (κ1) is 29.5. The van der Waals surface area contributed by atoms with Crippen molar-refractivity contribution in [3.05, 3.63) is 63.7 Å². The summed E-state index contributed by atoms with van der Waals surface area (Å²) < 4.78 is 0. The van der Waals surface area contributed by atoms with Crippen molar-refractivity contribution in [1.82, 2.24) is 0 Å². The molecule has 0 aliphatic heterocycles. The lowest BCUT2D eigenvalue weighted by Crippen LogP contribution is -2.21. The summed E-state index contributed by atoms with van der Waals surface area (Å²) in [4.78, 5) is 0. The highest BCUT2D eigenvalue weighted by atomic mass is 16.3. The average molecular weight is 479 g/mol. The van der Waals surface area contributed by atoms with Gasteiger partial charge in [-0.15, -0.1) is 0 Å². The van der Waals surface area contributed by atoms with Gasteiger partial charge >= 0.3 is 0 Å². The quantitative estimate of drug-likeness (QED) is 0.268. The Balaban J connectivity index is 2.61. The minimum atomic E-state index is 0.129. The molecular formula is C34H54O. The number of benzene rings is 2. The second-order valence-electron chi connectivity index (χ2n) is 12.1. The molecule has 0 aliphatic rings. The van der Waals surface area contributed by atoms with Crippen LogP contribution in [0.25, 0.3) is 0 Å². The van der Waals surface area contributed by atoms with Crippen molar-refractivity contribution >= 4 is 0 Å². The maximum atomic E-state index is 11.5. The molecule has 1 heteroatoms. The summed E-state index contributed by atoms with van der Waals surface area (Å²) >= 11 is 0. The Hall–Kier alpha value is -1.76. The Morgan fingerprint density at radius 1 is 0.686 bits per heavy atom. The molecule has 0 amide bonds. The van der Waals surface area contributed by atoms with Crippen LogP contribution in [0.5, 0.6) is 5.75 Å². The van der Waals surface area contributed by atoms with E-state index in [0.29, 0.717) is 5.75 Å². The number of phenols is 1. The Kier molecular flexibility index (Phi) is 10.9. The highest BCUT2D eigenvalue weighted by Gasteiger charge is 2.26. The number of aryl methyl sites for hydroxylation is 2. The molecule has 0 saturated carbocycles. The fourth-order valence-electron chi connectivity index (χ4n) is 4.87. The topological polar surface area (TPSA) is 20.2 Å². The van der Waals surface area contributed by atoms with Crippen LogP contribution in [0.2, 0.25) is 0 Å². The van der Waals surface area contributed by atoms with E-state index in [1.807, 2.05) is 0 Å². The zero-order valence-electron chi connectivity index (χ0n) is 24.5. The molecule has 0 heterocycles. The fraction of sp³-hybridized carbons (Fsp3) is 0.647. The van der Waals surface area contributed by atoms with E-state index in [1.54, 1.807) is 0 Å². The predicted molar refractivity (Wildman–Crippen MR) is 155 cm³/mol. The molecule has 2 aromatic rings. The lowest BCUT2D eigenvalue weighted by Gasteiger charge is -2.31. The van der Waals surface area contributed by atoms with Crippen molar-refractivity contribution in [1.29, 1.82) is 0 Å². The number of hydrogen-bond donors (Lipinski definition) is 1. The fourth-order valence-corrected chi connectivity index (χ4v) is 4.87. The van der Waals surface area contributed by atoms with Crippen LogP contribution in [0.4, 0.5) is 0 Å². The van der Waals surface area contributed by atoms with Gasteiger partial charge in [-0.25, -0.2) is 0 Å². The van der Waals surface area contributed by atoms with E-state index in [4.69, 9.17) is 0 Å². The molecule has 0 bridgehead atoms. The molecular weight excluding hydrogens is 424 g/mol. The van der Waals surface area contributed by atoms with Crippen LogP contribution in [0.3, 0.4) is 0 Å². The summed E-state index contributed by atoms with van der Waals surface area (Å²) in [5, 5.41) is 11.5. The molecule has 196 valence electrons. The van der Waals surface area contributed by atoms with Crippen LogP contribution < -0.4 is 0 Å². The second kappa shape index (κ2) is 13.0.